The summed E-state index contributed by atoms with van der Waals surface area (Å²) in [6.45, 7) is 6.29. The maximum absolute atomic E-state index is 12.1. The zero-order chi connectivity index (χ0) is 15.9. The molecule has 1 aromatic heterocycles. The number of anilines is 1. The first kappa shape index (κ1) is 16.4. The van der Waals surface area contributed by atoms with Gasteiger partial charge in [-0.15, -0.1) is 11.8 Å². The number of aromatic nitrogens is 1. The summed E-state index contributed by atoms with van der Waals surface area (Å²) in [6, 6.07) is 9.23. The van der Waals surface area contributed by atoms with E-state index in [0.717, 1.165) is 22.9 Å². The monoisotopic (exact) mass is 320 g/mol. The van der Waals surface area contributed by atoms with E-state index < -0.39 is 0 Å². The number of carbonyl (C=O) groups is 1. The van der Waals surface area contributed by atoms with E-state index in [1.165, 1.54) is 11.8 Å². The van der Waals surface area contributed by atoms with Crippen LogP contribution in [0.2, 0.25) is 0 Å². The minimum absolute atomic E-state index is 0.0330. The first-order chi connectivity index (χ1) is 10.6. The van der Waals surface area contributed by atoms with Crippen molar-refractivity contribution in [2.45, 2.75) is 31.8 Å². The molecule has 2 aromatic rings. The summed E-state index contributed by atoms with van der Waals surface area (Å²) in [5, 5.41) is 6.63. The van der Waals surface area contributed by atoms with E-state index in [2.05, 4.69) is 10.5 Å². The van der Waals surface area contributed by atoms with Crippen LogP contribution in [0.4, 0.5) is 5.69 Å². The number of thioether (sulfide) groups is 1. The van der Waals surface area contributed by atoms with Crippen LogP contribution >= 0.6 is 11.8 Å². The molecule has 0 aliphatic heterocycles. The number of amides is 1. The van der Waals surface area contributed by atoms with Crippen molar-refractivity contribution < 1.29 is 14.1 Å². The van der Waals surface area contributed by atoms with Gasteiger partial charge in [-0.3, -0.25) is 4.79 Å². The number of hydrogen-bond donors (Lipinski definition) is 1. The Balaban J connectivity index is 1.82. The Labute approximate surface area is 134 Å². The smallest absolute Gasteiger partial charge is 0.237 e. The summed E-state index contributed by atoms with van der Waals surface area (Å²) in [6.07, 6.45) is 0. The second-order valence-corrected chi connectivity index (χ2v) is 6.16. The number of rotatable bonds is 7. The number of nitrogens with zero attached hydrogens (tertiary/aromatic N) is 1. The maximum atomic E-state index is 12.1. The van der Waals surface area contributed by atoms with E-state index in [1.54, 1.807) is 0 Å². The van der Waals surface area contributed by atoms with Gasteiger partial charge >= 0.3 is 0 Å². The number of carbonyl (C=O) groups excluding carboxylic acids is 1. The third-order valence-corrected chi connectivity index (χ3v) is 4.14. The van der Waals surface area contributed by atoms with Crippen molar-refractivity contribution in [1.82, 2.24) is 5.16 Å². The zero-order valence-corrected chi connectivity index (χ0v) is 13.8. The molecule has 0 bridgehead atoms. The lowest BCUT2D eigenvalue weighted by molar-refractivity contribution is -0.115. The highest BCUT2D eigenvalue weighted by atomic mass is 32.2. The summed E-state index contributed by atoms with van der Waals surface area (Å²) in [5.74, 6) is 2.19. The van der Waals surface area contributed by atoms with Gasteiger partial charge in [0, 0.05) is 17.5 Å². The third-order valence-electron chi connectivity index (χ3n) is 2.96. The molecule has 118 valence electrons. The summed E-state index contributed by atoms with van der Waals surface area (Å²) < 4.78 is 10.4. The average Bonchev–Trinajstić information content (AvgIpc) is 2.92. The highest BCUT2D eigenvalue weighted by Crippen LogP contribution is 2.20. The number of ether oxygens (including phenoxy) is 1. The molecule has 1 heterocycles. The highest BCUT2D eigenvalue weighted by Gasteiger charge is 2.14. The Hall–Kier alpha value is -1.95. The fraction of sp³-hybridized carbons (Fsp3) is 0.375. The van der Waals surface area contributed by atoms with Crippen LogP contribution in [0.15, 0.2) is 34.9 Å². The minimum atomic E-state index is -0.177. The Morgan fingerprint density at radius 2 is 2.14 bits per heavy atom. The molecule has 0 saturated heterocycles. The largest absolute Gasteiger partial charge is 0.494 e. The van der Waals surface area contributed by atoms with E-state index in [4.69, 9.17) is 9.26 Å². The van der Waals surface area contributed by atoms with Gasteiger partial charge in [0.1, 0.15) is 11.5 Å². The molecule has 1 aromatic carbocycles. The molecule has 0 radical (unpaired) electrons. The van der Waals surface area contributed by atoms with Crippen LogP contribution in [-0.4, -0.2) is 22.9 Å². The molecular formula is C16H20N2O3S. The third kappa shape index (κ3) is 4.80. The fourth-order valence-corrected chi connectivity index (χ4v) is 2.58. The predicted octanol–water partition coefficient (Wildman–Crippen LogP) is 3.64. The van der Waals surface area contributed by atoms with Crippen molar-refractivity contribution in [3.05, 3.63) is 41.8 Å². The molecule has 1 atom stereocenters. The number of aryl methyl sites for hydroxylation is 1. The molecule has 0 aliphatic carbocycles. The Morgan fingerprint density at radius 3 is 2.73 bits per heavy atom. The second-order valence-electron chi connectivity index (χ2n) is 4.83. The number of benzene rings is 1. The van der Waals surface area contributed by atoms with E-state index in [9.17, 15) is 4.79 Å². The van der Waals surface area contributed by atoms with Crippen LogP contribution in [0.5, 0.6) is 5.75 Å². The summed E-state index contributed by atoms with van der Waals surface area (Å²) >= 11 is 1.52. The Morgan fingerprint density at radius 1 is 1.41 bits per heavy atom. The van der Waals surface area contributed by atoms with E-state index >= 15 is 0 Å². The normalized spacial score (nSPS) is 12.0. The zero-order valence-electron chi connectivity index (χ0n) is 13.0. The van der Waals surface area contributed by atoms with Crippen molar-refractivity contribution >= 4 is 23.4 Å². The Bertz CT molecular complexity index is 610. The topological polar surface area (TPSA) is 64.4 Å². The van der Waals surface area contributed by atoms with Crippen LogP contribution in [0.3, 0.4) is 0 Å². The highest BCUT2D eigenvalue weighted by molar-refractivity contribution is 7.99. The first-order valence-electron chi connectivity index (χ1n) is 7.16. The van der Waals surface area contributed by atoms with Gasteiger partial charge in [0.05, 0.1) is 17.6 Å². The van der Waals surface area contributed by atoms with Gasteiger partial charge in [0.15, 0.2) is 0 Å². The quantitative estimate of drug-likeness (QED) is 0.843. The average molecular weight is 320 g/mol. The van der Waals surface area contributed by atoms with Gasteiger partial charge in [0.25, 0.3) is 0 Å². The maximum Gasteiger partial charge on any atom is 0.237 e. The lowest BCUT2D eigenvalue weighted by Gasteiger charge is -2.11. The molecule has 0 saturated carbocycles. The molecule has 0 fully saturated rings. The molecule has 6 heteroatoms. The van der Waals surface area contributed by atoms with Crippen molar-refractivity contribution in [1.29, 1.82) is 0 Å². The molecular weight excluding hydrogens is 300 g/mol. The van der Waals surface area contributed by atoms with Crippen molar-refractivity contribution in [2.24, 2.45) is 0 Å². The second kappa shape index (κ2) is 7.89. The first-order valence-corrected chi connectivity index (χ1v) is 8.21. The predicted molar refractivity (Wildman–Crippen MR) is 88.2 cm³/mol. The van der Waals surface area contributed by atoms with Gasteiger partial charge in [-0.2, -0.15) is 0 Å². The molecule has 1 unspecified atom stereocenters. The van der Waals surface area contributed by atoms with Crippen LogP contribution < -0.4 is 10.1 Å². The molecule has 1 amide bonds. The molecule has 0 spiro atoms. The van der Waals surface area contributed by atoms with Crippen LogP contribution in [0.25, 0.3) is 0 Å². The van der Waals surface area contributed by atoms with Crippen LogP contribution in [0, 0.1) is 6.92 Å². The lowest BCUT2D eigenvalue weighted by Crippen LogP contribution is -2.22. The minimum Gasteiger partial charge on any atom is -0.494 e. The molecule has 1 N–H and O–H groups in total. The molecule has 5 nitrogen and oxygen atoms in total. The van der Waals surface area contributed by atoms with E-state index in [-0.39, 0.29) is 11.2 Å². The van der Waals surface area contributed by atoms with Gasteiger partial charge < -0.3 is 14.6 Å². The van der Waals surface area contributed by atoms with Crippen LogP contribution in [-0.2, 0) is 10.5 Å². The van der Waals surface area contributed by atoms with Gasteiger partial charge in [0.2, 0.25) is 5.91 Å². The van der Waals surface area contributed by atoms with Gasteiger partial charge in [-0.25, -0.2) is 0 Å². The summed E-state index contributed by atoms with van der Waals surface area (Å²) in [5.41, 5.74) is 1.61. The standard InChI is InChI=1S/C16H20N2O3S/c1-4-20-15-7-5-13(6-8-15)17-16(19)12(3)22-10-14-9-11(2)21-18-14/h5-9,12H,4,10H2,1-3H3,(H,17,19). The fourth-order valence-electron chi connectivity index (χ4n) is 1.82. The number of hydrogen-bond acceptors (Lipinski definition) is 5. The van der Waals surface area contributed by atoms with Crippen molar-refractivity contribution in [3.63, 3.8) is 0 Å². The van der Waals surface area contributed by atoms with Crippen molar-refractivity contribution in [3.8, 4) is 5.75 Å². The summed E-state index contributed by atoms with van der Waals surface area (Å²) in [7, 11) is 0. The molecule has 22 heavy (non-hydrogen) atoms. The van der Waals surface area contributed by atoms with Crippen molar-refractivity contribution in [2.75, 3.05) is 11.9 Å². The van der Waals surface area contributed by atoms with E-state index in [0.29, 0.717) is 12.4 Å². The van der Waals surface area contributed by atoms with Gasteiger partial charge in [-0.05, 0) is 45.0 Å². The van der Waals surface area contributed by atoms with Crippen LogP contribution in [0.1, 0.15) is 25.3 Å². The SMILES string of the molecule is CCOc1ccc(NC(=O)C(C)SCc2cc(C)on2)cc1. The molecule has 0 aliphatic rings. The van der Waals surface area contributed by atoms with E-state index in [1.807, 2.05) is 51.1 Å². The summed E-state index contributed by atoms with van der Waals surface area (Å²) in [4.78, 5) is 12.1. The number of nitrogens with one attached hydrogen (secondary N) is 1. The Kier molecular flexibility index (Phi) is 5.89. The lowest BCUT2D eigenvalue weighted by atomic mass is 10.3. The van der Waals surface area contributed by atoms with Gasteiger partial charge in [-0.1, -0.05) is 5.16 Å². The molecule has 2 rings (SSSR count).